The first kappa shape index (κ1) is 14.3. The molecule has 1 saturated heterocycles. The van der Waals surface area contributed by atoms with Crippen molar-refractivity contribution < 1.29 is 9.47 Å². The predicted molar refractivity (Wildman–Crippen MR) is 75.5 cm³/mol. The van der Waals surface area contributed by atoms with Crippen LogP contribution in [0.4, 0.5) is 0 Å². The van der Waals surface area contributed by atoms with E-state index >= 15 is 0 Å². The molecule has 106 valence electrons. The standard InChI is InChI=1S/C15H24N2O2/c1-11-8-17-14(12(2)15(11)18-3)10-16-9-13-4-6-19-7-5-13/h8,13,16H,4-7,9-10H2,1-3H3. The predicted octanol–water partition coefficient (Wildman–Crippen LogP) is 2.22. The van der Waals surface area contributed by atoms with Crippen molar-refractivity contribution in [3.05, 3.63) is 23.0 Å². The summed E-state index contributed by atoms with van der Waals surface area (Å²) in [5.41, 5.74) is 3.31. The summed E-state index contributed by atoms with van der Waals surface area (Å²) in [6.07, 6.45) is 4.21. The van der Waals surface area contributed by atoms with Crippen molar-refractivity contribution in [1.82, 2.24) is 10.3 Å². The molecule has 0 spiro atoms. The quantitative estimate of drug-likeness (QED) is 0.885. The van der Waals surface area contributed by atoms with Crippen molar-refractivity contribution in [1.29, 1.82) is 0 Å². The summed E-state index contributed by atoms with van der Waals surface area (Å²) in [4.78, 5) is 4.50. The molecule has 1 aromatic rings. The molecular weight excluding hydrogens is 240 g/mol. The molecule has 0 radical (unpaired) electrons. The third-order valence-corrected chi connectivity index (χ3v) is 3.82. The molecule has 1 fully saturated rings. The van der Waals surface area contributed by atoms with Crippen LogP contribution in [0.1, 0.15) is 29.7 Å². The lowest BCUT2D eigenvalue weighted by Gasteiger charge is -2.22. The van der Waals surface area contributed by atoms with Crippen molar-refractivity contribution in [3.8, 4) is 5.75 Å². The SMILES string of the molecule is COc1c(C)cnc(CNCC2CCOCC2)c1C. The molecule has 2 rings (SSSR count). The van der Waals surface area contributed by atoms with Crippen molar-refractivity contribution in [2.45, 2.75) is 33.2 Å². The number of methoxy groups -OCH3 is 1. The molecular formula is C15H24N2O2. The monoisotopic (exact) mass is 264 g/mol. The number of nitrogens with zero attached hydrogens (tertiary/aromatic N) is 1. The minimum atomic E-state index is 0.737. The van der Waals surface area contributed by atoms with E-state index in [-0.39, 0.29) is 0 Å². The van der Waals surface area contributed by atoms with E-state index in [1.54, 1.807) is 7.11 Å². The van der Waals surface area contributed by atoms with Crippen molar-refractivity contribution in [3.63, 3.8) is 0 Å². The molecule has 2 heterocycles. The Hall–Kier alpha value is -1.13. The zero-order valence-electron chi connectivity index (χ0n) is 12.2. The lowest BCUT2D eigenvalue weighted by Crippen LogP contribution is -2.28. The van der Waals surface area contributed by atoms with E-state index in [1.165, 1.54) is 0 Å². The Balaban J connectivity index is 1.88. The Morgan fingerprint density at radius 2 is 2.11 bits per heavy atom. The van der Waals surface area contributed by atoms with Gasteiger partial charge in [-0.15, -0.1) is 0 Å². The Labute approximate surface area is 115 Å². The van der Waals surface area contributed by atoms with Crippen LogP contribution in [0, 0.1) is 19.8 Å². The first-order valence-electron chi connectivity index (χ1n) is 7.00. The molecule has 0 aliphatic carbocycles. The van der Waals surface area contributed by atoms with Gasteiger partial charge in [0.1, 0.15) is 5.75 Å². The third kappa shape index (κ3) is 3.67. The summed E-state index contributed by atoms with van der Waals surface area (Å²) in [5.74, 6) is 1.69. The van der Waals surface area contributed by atoms with Crippen molar-refractivity contribution in [2.75, 3.05) is 26.9 Å². The highest BCUT2D eigenvalue weighted by atomic mass is 16.5. The summed E-state index contributed by atoms with van der Waals surface area (Å²) in [6.45, 7) is 7.76. The van der Waals surface area contributed by atoms with Gasteiger partial charge in [-0.2, -0.15) is 0 Å². The highest BCUT2D eigenvalue weighted by Crippen LogP contribution is 2.23. The number of ether oxygens (including phenoxy) is 2. The van der Waals surface area contributed by atoms with Gasteiger partial charge >= 0.3 is 0 Å². The Bertz CT molecular complexity index is 415. The van der Waals surface area contributed by atoms with Gasteiger partial charge in [0.15, 0.2) is 0 Å². The van der Waals surface area contributed by atoms with E-state index in [2.05, 4.69) is 17.2 Å². The largest absolute Gasteiger partial charge is 0.496 e. The summed E-state index contributed by atoms with van der Waals surface area (Å²) < 4.78 is 10.8. The normalized spacial score (nSPS) is 16.6. The third-order valence-electron chi connectivity index (χ3n) is 3.82. The number of pyridine rings is 1. The average molecular weight is 264 g/mol. The van der Waals surface area contributed by atoms with Crippen molar-refractivity contribution >= 4 is 0 Å². The second-order valence-corrected chi connectivity index (χ2v) is 5.23. The van der Waals surface area contributed by atoms with Crippen molar-refractivity contribution in [2.24, 2.45) is 5.92 Å². The number of aromatic nitrogens is 1. The fourth-order valence-corrected chi connectivity index (χ4v) is 2.59. The first-order valence-corrected chi connectivity index (χ1v) is 7.00. The molecule has 1 aliphatic rings. The van der Waals surface area contributed by atoms with E-state index in [0.29, 0.717) is 0 Å². The number of rotatable bonds is 5. The average Bonchev–Trinajstić information content (AvgIpc) is 2.43. The van der Waals surface area contributed by atoms with Crippen LogP contribution in [0.25, 0.3) is 0 Å². The number of aryl methyl sites for hydroxylation is 1. The Morgan fingerprint density at radius 1 is 1.37 bits per heavy atom. The van der Waals surface area contributed by atoms with Crippen LogP contribution in [-0.2, 0) is 11.3 Å². The zero-order chi connectivity index (χ0) is 13.7. The molecule has 0 unspecified atom stereocenters. The molecule has 4 nitrogen and oxygen atoms in total. The van der Waals surface area contributed by atoms with Crippen LogP contribution < -0.4 is 10.1 Å². The van der Waals surface area contributed by atoms with Crippen LogP contribution in [-0.4, -0.2) is 31.9 Å². The molecule has 0 amide bonds. The second kappa shape index (κ2) is 6.87. The molecule has 1 aromatic heterocycles. The maximum Gasteiger partial charge on any atom is 0.128 e. The Kier molecular flexibility index (Phi) is 5.16. The van der Waals surface area contributed by atoms with Gasteiger partial charge in [-0.1, -0.05) is 0 Å². The van der Waals surface area contributed by atoms with E-state index < -0.39 is 0 Å². The van der Waals surface area contributed by atoms with Crippen LogP contribution in [0.2, 0.25) is 0 Å². The van der Waals surface area contributed by atoms with Gasteiger partial charge in [0.05, 0.1) is 12.8 Å². The van der Waals surface area contributed by atoms with E-state index in [9.17, 15) is 0 Å². The molecule has 0 aromatic carbocycles. The lowest BCUT2D eigenvalue weighted by atomic mass is 10.0. The smallest absolute Gasteiger partial charge is 0.128 e. The van der Waals surface area contributed by atoms with Crippen LogP contribution in [0.3, 0.4) is 0 Å². The first-order chi connectivity index (χ1) is 9.22. The van der Waals surface area contributed by atoms with E-state index in [0.717, 1.165) is 67.6 Å². The topological polar surface area (TPSA) is 43.4 Å². The van der Waals surface area contributed by atoms with Gasteiger partial charge in [0.25, 0.3) is 0 Å². The zero-order valence-corrected chi connectivity index (χ0v) is 12.2. The highest BCUT2D eigenvalue weighted by molar-refractivity contribution is 5.40. The van der Waals surface area contributed by atoms with Gasteiger partial charge in [-0.3, -0.25) is 4.98 Å². The minimum Gasteiger partial charge on any atom is -0.496 e. The van der Waals surface area contributed by atoms with Crippen LogP contribution in [0.5, 0.6) is 5.75 Å². The van der Waals surface area contributed by atoms with Gasteiger partial charge in [-0.25, -0.2) is 0 Å². The van der Waals surface area contributed by atoms with E-state index in [1.807, 2.05) is 13.1 Å². The lowest BCUT2D eigenvalue weighted by molar-refractivity contribution is 0.0662. The Morgan fingerprint density at radius 3 is 2.79 bits per heavy atom. The number of nitrogens with one attached hydrogen (secondary N) is 1. The van der Waals surface area contributed by atoms with Gasteiger partial charge in [0.2, 0.25) is 0 Å². The molecule has 1 N–H and O–H groups in total. The van der Waals surface area contributed by atoms with Gasteiger partial charge in [0, 0.05) is 37.1 Å². The number of hydrogen-bond acceptors (Lipinski definition) is 4. The van der Waals surface area contributed by atoms with Gasteiger partial charge in [-0.05, 0) is 39.2 Å². The summed E-state index contributed by atoms with van der Waals surface area (Å²) >= 11 is 0. The minimum absolute atomic E-state index is 0.737. The fourth-order valence-electron chi connectivity index (χ4n) is 2.59. The number of hydrogen-bond donors (Lipinski definition) is 1. The molecule has 0 saturated carbocycles. The molecule has 1 aliphatic heterocycles. The maximum absolute atomic E-state index is 5.43. The summed E-state index contributed by atoms with van der Waals surface area (Å²) in [6, 6.07) is 0. The highest BCUT2D eigenvalue weighted by Gasteiger charge is 2.14. The van der Waals surface area contributed by atoms with Gasteiger partial charge < -0.3 is 14.8 Å². The summed E-state index contributed by atoms with van der Waals surface area (Å²) in [7, 11) is 1.72. The maximum atomic E-state index is 5.43. The van der Waals surface area contributed by atoms with Crippen LogP contribution in [0.15, 0.2) is 6.20 Å². The van der Waals surface area contributed by atoms with E-state index in [4.69, 9.17) is 9.47 Å². The van der Waals surface area contributed by atoms with Crippen LogP contribution >= 0.6 is 0 Å². The summed E-state index contributed by atoms with van der Waals surface area (Å²) in [5, 5.41) is 3.51. The molecule has 19 heavy (non-hydrogen) atoms. The molecule has 4 heteroatoms. The molecule has 0 atom stereocenters. The second-order valence-electron chi connectivity index (χ2n) is 5.23. The molecule has 0 bridgehead atoms. The fraction of sp³-hybridized carbons (Fsp3) is 0.667.